The first kappa shape index (κ1) is 12.8. The fraction of sp³-hybridized carbons (Fsp3) is 0.312. The van der Waals surface area contributed by atoms with Crippen LogP contribution in [0, 0.1) is 27.7 Å². The Kier molecular flexibility index (Phi) is 3.01. The summed E-state index contributed by atoms with van der Waals surface area (Å²) in [6.45, 7) is 8.86. The lowest BCUT2D eigenvalue weighted by Crippen LogP contribution is -2.05. The molecule has 4 nitrogen and oxygen atoms in total. The summed E-state index contributed by atoms with van der Waals surface area (Å²) >= 11 is 0. The molecule has 0 saturated heterocycles. The largest absolute Gasteiger partial charge is 0.340 e. The Morgan fingerprint density at radius 1 is 1.05 bits per heavy atom. The first-order valence-electron chi connectivity index (χ1n) is 6.76. The van der Waals surface area contributed by atoms with E-state index in [1.165, 1.54) is 11.1 Å². The molecule has 0 bridgehead atoms. The summed E-state index contributed by atoms with van der Waals surface area (Å²) in [5.74, 6) is 0. The Labute approximate surface area is 118 Å². The van der Waals surface area contributed by atoms with Gasteiger partial charge >= 0.3 is 0 Å². The Bertz CT molecular complexity index is 787. The van der Waals surface area contributed by atoms with Crippen molar-refractivity contribution in [2.45, 2.75) is 34.2 Å². The molecule has 0 atom stereocenters. The molecule has 0 aliphatic rings. The minimum absolute atomic E-state index is 0.731. The second-order valence-corrected chi connectivity index (χ2v) is 5.36. The molecule has 0 unspecified atom stereocenters. The van der Waals surface area contributed by atoms with Gasteiger partial charge in [0.05, 0.1) is 34.7 Å². The van der Waals surface area contributed by atoms with Gasteiger partial charge in [-0.1, -0.05) is 0 Å². The third-order valence-corrected chi connectivity index (χ3v) is 3.53. The van der Waals surface area contributed by atoms with Gasteiger partial charge in [-0.3, -0.25) is 15.0 Å². The van der Waals surface area contributed by atoms with Crippen LogP contribution in [0.5, 0.6) is 0 Å². The summed E-state index contributed by atoms with van der Waals surface area (Å²) in [6.07, 6.45) is 5.87. The summed E-state index contributed by atoms with van der Waals surface area (Å²) in [5.41, 5.74) is 7.54. The number of pyridine rings is 1. The summed E-state index contributed by atoms with van der Waals surface area (Å²) in [4.78, 5) is 13.5. The van der Waals surface area contributed by atoms with Crippen molar-refractivity contribution in [3.63, 3.8) is 0 Å². The van der Waals surface area contributed by atoms with Crippen molar-refractivity contribution in [2.24, 2.45) is 0 Å². The predicted octanol–water partition coefficient (Wildman–Crippen LogP) is 3.11. The lowest BCUT2D eigenvalue weighted by Gasteiger charge is -2.08. The average molecular weight is 266 g/mol. The van der Waals surface area contributed by atoms with Crippen molar-refractivity contribution in [1.82, 2.24) is 19.5 Å². The van der Waals surface area contributed by atoms with Gasteiger partial charge in [-0.25, -0.2) is 0 Å². The normalized spacial score (nSPS) is 11.2. The molecule has 0 aromatic carbocycles. The third kappa shape index (κ3) is 2.18. The fourth-order valence-corrected chi connectivity index (χ4v) is 2.51. The molecule has 20 heavy (non-hydrogen) atoms. The molecule has 3 rings (SSSR count). The van der Waals surface area contributed by atoms with Crippen LogP contribution in [0.3, 0.4) is 0 Å². The van der Waals surface area contributed by atoms with Crippen LogP contribution in [-0.4, -0.2) is 19.5 Å². The number of hydrogen-bond acceptors (Lipinski definition) is 3. The van der Waals surface area contributed by atoms with Gasteiger partial charge in [0, 0.05) is 18.6 Å². The minimum atomic E-state index is 0.731. The van der Waals surface area contributed by atoms with Crippen molar-refractivity contribution < 1.29 is 0 Å². The van der Waals surface area contributed by atoms with Crippen LogP contribution in [0.25, 0.3) is 11.0 Å². The minimum Gasteiger partial charge on any atom is -0.340 e. The lowest BCUT2D eigenvalue weighted by molar-refractivity contribution is 0.781. The quantitative estimate of drug-likeness (QED) is 0.716. The molecule has 0 saturated carbocycles. The summed E-state index contributed by atoms with van der Waals surface area (Å²) in [7, 11) is 0. The molecule has 3 aromatic heterocycles. The number of aryl methyl sites for hydroxylation is 4. The van der Waals surface area contributed by atoms with Gasteiger partial charge < -0.3 is 4.57 Å². The fourth-order valence-electron chi connectivity index (χ4n) is 2.51. The van der Waals surface area contributed by atoms with E-state index >= 15 is 0 Å². The third-order valence-electron chi connectivity index (χ3n) is 3.53. The van der Waals surface area contributed by atoms with Crippen molar-refractivity contribution in [3.05, 3.63) is 52.9 Å². The SMILES string of the molecule is Cc1cnc2c(C)cn(Cc3ncc(C)nc3C)c2c1. The van der Waals surface area contributed by atoms with E-state index in [1.54, 1.807) is 0 Å². The zero-order chi connectivity index (χ0) is 14.3. The Morgan fingerprint density at radius 3 is 2.60 bits per heavy atom. The first-order valence-corrected chi connectivity index (χ1v) is 6.76. The van der Waals surface area contributed by atoms with E-state index in [-0.39, 0.29) is 0 Å². The smallest absolute Gasteiger partial charge is 0.0910 e. The first-order chi connectivity index (χ1) is 9.54. The van der Waals surface area contributed by atoms with Crippen LogP contribution >= 0.6 is 0 Å². The molecule has 0 N–H and O–H groups in total. The van der Waals surface area contributed by atoms with Crippen molar-refractivity contribution >= 4 is 11.0 Å². The maximum absolute atomic E-state index is 4.52. The second kappa shape index (κ2) is 4.71. The van der Waals surface area contributed by atoms with Crippen LogP contribution in [0.2, 0.25) is 0 Å². The van der Waals surface area contributed by atoms with E-state index in [0.29, 0.717) is 0 Å². The molecule has 102 valence electrons. The lowest BCUT2D eigenvalue weighted by atomic mass is 10.2. The van der Waals surface area contributed by atoms with E-state index < -0.39 is 0 Å². The number of aromatic nitrogens is 4. The number of hydrogen-bond donors (Lipinski definition) is 0. The predicted molar refractivity (Wildman–Crippen MR) is 79.8 cm³/mol. The van der Waals surface area contributed by atoms with E-state index in [4.69, 9.17) is 0 Å². The molecule has 0 aliphatic carbocycles. The van der Waals surface area contributed by atoms with Crippen LogP contribution < -0.4 is 0 Å². The van der Waals surface area contributed by atoms with Gasteiger partial charge in [-0.15, -0.1) is 0 Å². The van der Waals surface area contributed by atoms with Crippen LogP contribution in [0.1, 0.15) is 28.2 Å². The van der Waals surface area contributed by atoms with E-state index in [2.05, 4.69) is 45.6 Å². The Hall–Kier alpha value is -2.23. The molecule has 0 fully saturated rings. The van der Waals surface area contributed by atoms with E-state index in [0.717, 1.165) is 34.7 Å². The van der Waals surface area contributed by atoms with Crippen LogP contribution in [0.15, 0.2) is 24.7 Å². The van der Waals surface area contributed by atoms with Gasteiger partial charge in [-0.05, 0) is 44.9 Å². The maximum atomic E-state index is 4.52. The van der Waals surface area contributed by atoms with E-state index in [9.17, 15) is 0 Å². The van der Waals surface area contributed by atoms with Gasteiger partial charge in [0.15, 0.2) is 0 Å². The van der Waals surface area contributed by atoms with Gasteiger partial charge in [-0.2, -0.15) is 0 Å². The van der Waals surface area contributed by atoms with Gasteiger partial charge in [0.1, 0.15) is 0 Å². The molecule has 0 spiro atoms. The molecule has 0 radical (unpaired) electrons. The van der Waals surface area contributed by atoms with Gasteiger partial charge in [0.25, 0.3) is 0 Å². The number of nitrogens with zero attached hydrogens (tertiary/aromatic N) is 4. The highest BCUT2D eigenvalue weighted by Gasteiger charge is 2.09. The van der Waals surface area contributed by atoms with Crippen molar-refractivity contribution in [2.75, 3.05) is 0 Å². The molecule has 3 heterocycles. The molecular weight excluding hydrogens is 248 g/mol. The summed E-state index contributed by atoms with van der Waals surface area (Å²) < 4.78 is 2.21. The van der Waals surface area contributed by atoms with Crippen LogP contribution in [0.4, 0.5) is 0 Å². The zero-order valence-corrected chi connectivity index (χ0v) is 12.3. The molecule has 4 heteroatoms. The number of rotatable bonds is 2. The van der Waals surface area contributed by atoms with Gasteiger partial charge in [0.2, 0.25) is 0 Å². The van der Waals surface area contributed by atoms with Crippen molar-refractivity contribution in [1.29, 1.82) is 0 Å². The monoisotopic (exact) mass is 266 g/mol. The highest BCUT2D eigenvalue weighted by atomic mass is 15.0. The van der Waals surface area contributed by atoms with Crippen molar-refractivity contribution in [3.8, 4) is 0 Å². The highest BCUT2D eigenvalue weighted by molar-refractivity contribution is 5.80. The zero-order valence-electron chi connectivity index (χ0n) is 12.3. The molecule has 0 aliphatic heterocycles. The number of fused-ring (bicyclic) bond motifs is 1. The highest BCUT2D eigenvalue weighted by Crippen LogP contribution is 2.20. The molecule has 3 aromatic rings. The molecular formula is C16H18N4. The second-order valence-electron chi connectivity index (χ2n) is 5.36. The maximum Gasteiger partial charge on any atom is 0.0910 e. The summed E-state index contributed by atoms with van der Waals surface area (Å²) in [6, 6.07) is 2.17. The van der Waals surface area contributed by atoms with E-state index in [1.807, 2.05) is 26.2 Å². The topological polar surface area (TPSA) is 43.6 Å². The standard InChI is InChI=1S/C16H18N4/c1-10-5-15-16(18-6-10)11(2)8-20(15)9-14-13(4)19-12(3)7-17-14/h5-8H,9H2,1-4H3. The Morgan fingerprint density at radius 2 is 1.85 bits per heavy atom. The average Bonchev–Trinajstić information content (AvgIpc) is 2.69. The Balaban J connectivity index is 2.08. The van der Waals surface area contributed by atoms with Crippen LogP contribution in [-0.2, 0) is 6.54 Å². The molecule has 0 amide bonds. The summed E-state index contributed by atoms with van der Waals surface area (Å²) in [5, 5.41) is 0.